The summed E-state index contributed by atoms with van der Waals surface area (Å²) in [6, 6.07) is 0. The Kier molecular flexibility index (Phi) is 5.56. The lowest BCUT2D eigenvalue weighted by Crippen LogP contribution is -2.13. The number of rotatable bonds is 7. The molecule has 1 aromatic heterocycles. The first-order valence-electron chi connectivity index (χ1n) is 5.53. The third-order valence-corrected chi connectivity index (χ3v) is 1.89. The van der Waals surface area contributed by atoms with Gasteiger partial charge in [0.1, 0.15) is 11.6 Å². The predicted octanol–water partition coefficient (Wildman–Crippen LogP) is 1.60. The molecule has 0 aliphatic carbocycles. The SMILES string of the molecule is CNc1cncc(NCCOCC(C)C)n1. The molecule has 0 bridgehead atoms. The molecular weight excluding hydrogens is 204 g/mol. The molecule has 0 spiro atoms. The van der Waals surface area contributed by atoms with Crippen LogP contribution in [0.1, 0.15) is 13.8 Å². The van der Waals surface area contributed by atoms with Gasteiger partial charge >= 0.3 is 0 Å². The van der Waals surface area contributed by atoms with Crippen LogP contribution in [0.4, 0.5) is 11.6 Å². The van der Waals surface area contributed by atoms with Crippen LogP contribution in [0.2, 0.25) is 0 Å². The number of hydrogen-bond donors (Lipinski definition) is 2. The summed E-state index contributed by atoms with van der Waals surface area (Å²) < 4.78 is 5.45. The summed E-state index contributed by atoms with van der Waals surface area (Å²) in [4.78, 5) is 8.34. The molecule has 1 heterocycles. The van der Waals surface area contributed by atoms with E-state index in [2.05, 4.69) is 34.4 Å². The van der Waals surface area contributed by atoms with Gasteiger partial charge in [-0.25, -0.2) is 4.98 Å². The zero-order valence-electron chi connectivity index (χ0n) is 10.2. The lowest BCUT2D eigenvalue weighted by molar-refractivity contribution is 0.118. The zero-order valence-corrected chi connectivity index (χ0v) is 10.2. The number of nitrogens with zero attached hydrogens (tertiary/aromatic N) is 2. The van der Waals surface area contributed by atoms with E-state index in [1.54, 1.807) is 12.4 Å². The van der Waals surface area contributed by atoms with Crippen molar-refractivity contribution in [2.75, 3.05) is 37.4 Å². The highest BCUT2D eigenvalue weighted by Gasteiger charge is 1.97. The highest BCUT2D eigenvalue weighted by Crippen LogP contribution is 2.04. The van der Waals surface area contributed by atoms with Crippen molar-refractivity contribution in [3.05, 3.63) is 12.4 Å². The van der Waals surface area contributed by atoms with Crippen molar-refractivity contribution in [2.24, 2.45) is 5.92 Å². The van der Waals surface area contributed by atoms with E-state index in [4.69, 9.17) is 4.74 Å². The minimum atomic E-state index is 0.576. The predicted molar refractivity (Wildman–Crippen MR) is 65.7 cm³/mol. The van der Waals surface area contributed by atoms with Gasteiger partial charge in [0.25, 0.3) is 0 Å². The highest BCUT2D eigenvalue weighted by molar-refractivity contribution is 5.40. The molecule has 0 amide bonds. The minimum Gasteiger partial charge on any atom is -0.379 e. The van der Waals surface area contributed by atoms with E-state index in [1.807, 2.05) is 7.05 Å². The fourth-order valence-electron chi connectivity index (χ4n) is 1.14. The standard InChI is InChI=1S/C11H20N4O/c1-9(2)8-16-5-4-14-11-7-13-6-10(12-3)15-11/h6-7,9H,4-5,8H2,1-3H3,(H2,12,14,15). The van der Waals surface area contributed by atoms with Crippen LogP contribution in [0.15, 0.2) is 12.4 Å². The second kappa shape index (κ2) is 7.00. The summed E-state index contributed by atoms with van der Waals surface area (Å²) in [5, 5.41) is 6.09. The average molecular weight is 224 g/mol. The molecule has 5 nitrogen and oxygen atoms in total. The van der Waals surface area contributed by atoms with E-state index in [0.29, 0.717) is 12.5 Å². The van der Waals surface area contributed by atoms with Crippen LogP contribution in [0, 0.1) is 5.92 Å². The van der Waals surface area contributed by atoms with E-state index < -0.39 is 0 Å². The summed E-state index contributed by atoms with van der Waals surface area (Å²) in [5.74, 6) is 2.10. The molecule has 1 rings (SSSR count). The van der Waals surface area contributed by atoms with Gasteiger partial charge in [-0.05, 0) is 5.92 Å². The first-order chi connectivity index (χ1) is 7.72. The van der Waals surface area contributed by atoms with Crippen molar-refractivity contribution in [1.82, 2.24) is 9.97 Å². The Bertz CT molecular complexity index is 304. The Morgan fingerprint density at radius 2 is 2.06 bits per heavy atom. The maximum Gasteiger partial charge on any atom is 0.147 e. The van der Waals surface area contributed by atoms with Crippen LogP contribution >= 0.6 is 0 Å². The summed E-state index contributed by atoms with van der Waals surface area (Å²) in [7, 11) is 1.82. The number of ether oxygens (including phenoxy) is 1. The topological polar surface area (TPSA) is 59.1 Å². The summed E-state index contributed by atoms with van der Waals surface area (Å²) >= 11 is 0. The molecule has 5 heteroatoms. The number of hydrogen-bond acceptors (Lipinski definition) is 5. The lowest BCUT2D eigenvalue weighted by Gasteiger charge is -2.08. The second-order valence-corrected chi connectivity index (χ2v) is 3.94. The third-order valence-electron chi connectivity index (χ3n) is 1.89. The van der Waals surface area contributed by atoms with Gasteiger partial charge in [-0.1, -0.05) is 13.8 Å². The van der Waals surface area contributed by atoms with E-state index in [0.717, 1.165) is 24.8 Å². The molecule has 0 aliphatic rings. The van der Waals surface area contributed by atoms with Crippen LogP contribution in [-0.4, -0.2) is 36.8 Å². The highest BCUT2D eigenvalue weighted by atomic mass is 16.5. The Morgan fingerprint density at radius 3 is 2.75 bits per heavy atom. The molecule has 16 heavy (non-hydrogen) atoms. The van der Waals surface area contributed by atoms with Gasteiger partial charge in [0, 0.05) is 20.2 Å². The lowest BCUT2D eigenvalue weighted by atomic mass is 10.2. The number of nitrogens with one attached hydrogen (secondary N) is 2. The first-order valence-corrected chi connectivity index (χ1v) is 5.53. The van der Waals surface area contributed by atoms with E-state index >= 15 is 0 Å². The van der Waals surface area contributed by atoms with Crippen molar-refractivity contribution in [3.8, 4) is 0 Å². The van der Waals surface area contributed by atoms with Gasteiger partial charge in [0.15, 0.2) is 0 Å². The fraction of sp³-hybridized carbons (Fsp3) is 0.636. The van der Waals surface area contributed by atoms with Crippen molar-refractivity contribution in [1.29, 1.82) is 0 Å². The van der Waals surface area contributed by atoms with E-state index in [-0.39, 0.29) is 0 Å². The van der Waals surface area contributed by atoms with Gasteiger partial charge in [0.05, 0.1) is 19.0 Å². The average Bonchev–Trinajstić information content (AvgIpc) is 2.28. The quantitative estimate of drug-likeness (QED) is 0.689. The molecule has 0 aliphatic heterocycles. The molecule has 90 valence electrons. The van der Waals surface area contributed by atoms with E-state index in [1.165, 1.54) is 0 Å². The molecule has 0 saturated heterocycles. The van der Waals surface area contributed by atoms with Crippen molar-refractivity contribution < 1.29 is 4.74 Å². The second-order valence-electron chi connectivity index (χ2n) is 3.94. The first kappa shape index (κ1) is 12.7. The summed E-state index contributed by atoms with van der Waals surface area (Å²) in [6.07, 6.45) is 3.38. The van der Waals surface area contributed by atoms with Crippen LogP contribution in [-0.2, 0) is 4.74 Å². The van der Waals surface area contributed by atoms with Crippen molar-refractivity contribution in [2.45, 2.75) is 13.8 Å². The Balaban J connectivity index is 2.21. The van der Waals surface area contributed by atoms with Gasteiger partial charge in [0.2, 0.25) is 0 Å². The van der Waals surface area contributed by atoms with Crippen LogP contribution in [0.3, 0.4) is 0 Å². The third kappa shape index (κ3) is 4.93. The summed E-state index contributed by atoms with van der Waals surface area (Å²) in [6.45, 7) is 6.49. The minimum absolute atomic E-state index is 0.576. The normalized spacial score (nSPS) is 10.5. The monoisotopic (exact) mass is 224 g/mol. The Labute approximate surface area is 96.6 Å². The maximum absolute atomic E-state index is 5.45. The maximum atomic E-state index is 5.45. The molecule has 2 N–H and O–H groups in total. The molecule has 0 saturated carbocycles. The van der Waals surface area contributed by atoms with Crippen molar-refractivity contribution in [3.63, 3.8) is 0 Å². The van der Waals surface area contributed by atoms with E-state index in [9.17, 15) is 0 Å². The van der Waals surface area contributed by atoms with Gasteiger partial charge in [-0.2, -0.15) is 0 Å². The fourth-order valence-corrected chi connectivity index (χ4v) is 1.14. The largest absolute Gasteiger partial charge is 0.379 e. The number of anilines is 2. The van der Waals surface area contributed by atoms with Crippen LogP contribution in [0.25, 0.3) is 0 Å². The van der Waals surface area contributed by atoms with Gasteiger partial charge in [-0.3, -0.25) is 4.98 Å². The summed E-state index contributed by atoms with van der Waals surface area (Å²) in [5.41, 5.74) is 0. The van der Waals surface area contributed by atoms with Crippen LogP contribution in [0.5, 0.6) is 0 Å². The zero-order chi connectivity index (χ0) is 11.8. The number of aromatic nitrogens is 2. The molecule has 0 unspecified atom stereocenters. The molecule has 0 radical (unpaired) electrons. The van der Waals surface area contributed by atoms with Gasteiger partial charge < -0.3 is 15.4 Å². The molecule has 1 aromatic rings. The Hall–Kier alpha value is -1.36. The molecule has 0 atom stereocenters. The Morgan fingerprint density at radius 1 is 1.31 bits per heavy atom. The molecule has 0 fully saturated rings. The smallest absolute Gasteiger partial charge is 0.147 e. The van der Waals surface area contributed by atoms with Gasteiger partial charge in [-0.15, -0.1) is 0 Å². The van der Waals surface area contributed by atoms with Crippen LogP contribution < -0.4 is 10.6 Å². The molecule has 0 aromatic carbocycles. The molecular formula is C11H20N4O. The van der Waals surface area contributed by atoms with Crippen molar-refractivity contribution >= 4 is 11.6 Å².